The highest BCUT2D eigenvalue weighted by Gasteiger charge is 2.09. The number of rotatable bonds is 5. The Balaban J connectivity index is 2.04. The van der Waals surface area contributed by atoms with Gasteiger partial charge in [-0.2, -0.15) is 5.21 Å². The van der Waals surface area contributed by atoms with Crippen molar-refractivity contribution in [1.82, 2.24) is 25.9 Å². The van der Waals surface area contributed by atoms with Gasteiger partial charge in [0.15, 0.2) is 5.82 Å². The van der Waals surface area contributed by atoms with Gasteiger partial charge >= 0.3 is 0 Å². The molecule has 0 spiro atoms. The maximum Gasteiger partial charge on any atom is 0.188 e. The zero-order valence-corrected chi connectivity index (χ0v) is 12.7. The van der Waals surface area contributed by atoms with Crippen molar-refractivity contribution in [2.45, 2.75) is 13.1 Å². The maximum absolute atomic E-state index is 5.36. The van der Waals surface area contributed by atoms with Gasteiger partial charge in [-0.3, -0.25) is 0 Å². The number of tetrazole rings is 1. The molecule has 0 fully saturated rings. The number of nitrogens with one attached hydrogen (secondary N) is 2. The number of halogens is 2. The van der Waals surface area contributed by atoms with Crippen LogP contribution in [0.5, 0.6) is 5.75 Å². The van der Waals surface area contributed by atoms with E-state index in [1.165, 1.54) is 0 Å². The molecule has 0 atom stereocenters. The van der Waals surface area contributed by atoms with Crippen LogP contribution in [0.15, 0.2) is 21.1 Å². The van der Waals surface area contributed by atoms with E-state index < -0.39 is 0 Å². The molecule has 18 heavy (non-hydrogen) atoms. The molecule has 0 amide bonds. The molecule has 0 saturated heterocycles. The van der Waals surface area contributed by atoms with Gasteiger partial charge in [-0.1, -0.05) is 21.1 Å². The first-order valence-electron chi connectivity index (χ1n) is 5.15. The lowest BCUT2D eigenvalue weighted by molar-refractivity contribution is 0.404. The first-order valence-corrected chi connectivity index (χ1v) is 6.74. The van der Waals surface area contributed by atoms with Crippen LogP contribution in [0, 0.1) is 0 Å². The highest BCUT2D eigenvalue weighted by molar-refractivity contribution is 9.11. The number of aromatic amines is 1. The van der Waals surface area contributed by atoms with E-state index in [1.54, 1.807) is 7.11 Å². The normalized spacial score (nSPS) is 10.6. The number of hydrogen-bond acceptors (Lipinski definition) is 5. The molecule has 1 aromatic heterocycles. The second kappa shape index (κ2) is 6.26. The lowest BCUT2D eigenvalue weighted by Gasteiger charge is -2.11. The van der Waals surface area contributed by atoms with Crippen molar-refractivity contribution < 1.29 is 4.74 Å². The predicted molar refractivity (Wildman–Crippen MR) is 73.1 cm³/mol. The van der Waals surface area contributed by atoms with Crippen molar-refractivity contribution in [3.05, 3.63) is 32.5 Å². The molecule has 2 N–H and O–H groups in total. The van der Waals surface area contributed by atoms with Gasteiger partial charge in [-0.25, -0.2) is 0 Å². The van der Waals surface area contributed by atoms with Gasteiger partial charge in [-0.05, 0) is 28.1 Å². The van der Waals surface area contributed by atoms with Crippen LogP contribution in [-0.4, -0.2) is 27.7 Å². The SMILES string of the molecule is COc1c(Br)cc(Br)cc1CNCc1nn[nH]n1. The summed E-state index contributed by atoms with van der Waals surface area (Å²) >= 11 is 6.92. The van der Waals surface area contributed by atoms with E-state index in [0.717, 1.165) is 20.3 Å². The Morgan fingerprint density at radius 3 is 2.83 bits per heavy atom. The molecule has 0 saturated carbocycles. The molecule has 1 aromatic carbocycles. The number of aromatic nitrogens is 4. The van der Waals surface area contributed by atoms with Gasteiger partial charge in [0, 0.05) is 16.6 Å². The molecular formula is C10H11Br2N5O. The number of H-pyrrole nitrogens is 1. The van der Waals surface area contributed by atoms with E-state index in [2.05, 4.69) is 57.8 Å². The van der Waals surface area contributed by atoms with Gasteiger partial charge in [0.1, 0.15) is 5.75 Å². The minimum atomic E-state index is 0.545. The van der Waals surface area contributed by atoms with Crippen molar-refractivity contribution in [3.63, 3.8) is 0 Å². The van der Waals surface area contributed by atoms with Crippen LogP contribution < -0.4 is 10.1 Å². The Labute approximate surface area is 121 Å². The van der Waals surface area contributed by atoms with Crippen LogP contribution in [0.4, 0.5) is 0 Å². The fraction of sp³-hybridized carbons (Fsp3) is 0.300. The van der Waals surface area contributed by atoms with Gasteiger partial charge < -0.3 is 10.1 Å². The van der Waals surface area contributed by atoms with Gasteiger partial charge in [-0.15, -0.1) is 10.2 Å². The average molecular weight is 377 g/mol. The van der Waals surface area contributed by atoms with Crippen molar-refractivity contribution in [3.8, 4) is 5.75 Å². The molecule has 0 aliphatic heterocycles. The monoisotopic (exact) mass is 375 g/mol. The largest absolute Gasteiger partial charge is 0.495 e. The number of nitrogens with zero attached hydrogens (tertiary/aromatic N) is 3. The highest BCUT2D eigenvalue weighted by Crippen LogP contribution is 2.32. The fourth-order valence-corrected chi connectivity index (χ4v) is 3.02. The smallest absolute Gasteiger partial charge is 0.188 e. The molecule has 6 nitrogen and oxygen atoms in total. The summed E-state index contributed by atoms with van der Waals surface area (Å²) in [6.07, 6.45) is 0. The third-order valence-corrected chi connectivity index (χ3v) is 3.32. The minimum absolute atomic E-state index is 0.545. The summed E-state index contributed by atoms with van der Waals surface area (Å²) in [6.45, 7) is 1.19. The molecule has 8 heteroatoms. The zero-order valence-electron chi connectivity index (χ0n) is 9.57. The Hall–Kier alpha value is -0.990. The third kappa shape index (κ3) is 3.27. The molecule has 0 bridgehead atoms. The summed E-state index contributed by atoms with van der Waals surface area (Å²) < 4.78 is 7.27. The molecule has 0 aliphatic carbocycles. The van der Waals surface area contributed by atoms with Crippen molar-refractivity contribution in [2.75, 3.05) is 7.11 Å². The van der Waals surface area contributed by atoms with Gasteiger partial charge in [0.05, 0.1) is 18.1 Å². The summed E-state index contributed by atoms with van der Waals surface area (Å²) in [6, 6.07) is 3.95. The first-order chi connectivity index (χ1) is 8.70. The molecule has 2 rings (SSSR count). The molecule has 1 heterocycles. The first kappa shape index (κ1) is 13.4. The van der Waals surface area contributed by atoms with Crippen LogP contribution in [0.2, 0.25) is 0 Å². The van der Waals surface area contributed by atoms with E-state index in [0.29, 0.717) is 18.9 Å². The average Bonchev–Trinajstić information content (AvgIpc) is 2.81. The van der Waals surface area contributed by atoms with Crippen LogP contribution >= 0.6 is 31.9 Å². The summed E-state index contributed by atoms with van der Waals surface area (Å²) in [4.78, 5) is 0. The second-order valence-electron chi connectivity index (χ2n) is 3.51. The van der Waals surface area contributed by atoms with E-state index in [4.69, 9.17) is 4.74 Å². The zero-order chi connectivity index (χ0) is 13.0. The lowest BCUT2D eigenvalue weighted by Crippen LogP contribution is -2.14. The molecule has 2 aromatic rings. The Bertz CT molecular complexity index is 517. The highest BCUT2D eigenvalue weighted by atomic mass is 79.9. The van der Waals surface area contributed by atoms with Crippen LogP contribution in [0.25, 0.3) is 0 Å². The lowest BCUT2D eigenvalue weighted by atomic mass is 10.2. The van der Waals surface area contributed by atoms with Crippen molar-refractivity contribution >= 4 is 31.9 Å². The van der Waals surface area contributed by atoms with Gasteiger partial charge in [0.2, 0.25) is 0 Å². The van der Waals surface area contributed by atoms with Crippen LogP contribution in [0.3, 0.4) is 0 Å². The van der Waals surface area contributed by atoms with E-state index in [9.17, 15) is 0 Å². The van der Waals surface area contributed by atoms with Crippen LogP contribution in [0.1, 0.15) is 11.4 Å². The second-order valence-corrected chi connectivity index (χ2v) is 5.28. The number of methoxy groups -OCH3 is 1. The minimum Gasteiger partial charge on any atom is -0.495 e. The standard InChI is InChI=1S/C10H11Br2N5O/c1-18-10-6(2-7(11)3-8(10)12)4-13-5-9-14-16-17-15-9/h2-3,13H,4-5H2,1H3,(H,14,15,16,17). The number of benzene rings is 1. The Morgan fingerprint density at radius 1 is 1.33 bits per heavy atom. The van der Waals surface area contributed by atoms with E-state index >= 15 is 0 Å². The quantitative estimate of drug-likeness (QED) is 0.834. The van der Waals surface area contributed by atoms with Crippen LogP contribution in [-0.2, 0) is 13.1 Å². The molecule has 96 valence electrons. The summed E-state index contributed by atoms with van der Waals surface area (Å²) in [7, 11) is 1.65. The molecular weight excluding hydrogens is 366 g/mol. The molecule has 0 unspecified atom stereocenters. The van der Waals surface area contributed by atoms with Crippen molar-refractivity contribution in [1.29, 1.82) is 0 Å². The molecule has 0 radical (unpaired) electrons. The fourth-order valence-electron chi connectivity index (χ4n) is 1.54. The van der Waals surface area contributed by atoms with E-state index in [-0.39, 0.29) is 0 Å². The number of ether oxygens (including phenoxy) is 1. The van der Waals surface area contributed by atoms with Crippen molar-refractivity contribution in [2.24, 2.45) is 0 Å². The van der Waals surface area contributed by atoms with Gasteiger partial charge in [0.25, 0.3) is 0 Å². The summed E-state index contributed by atoms with van der Waals surface area (Å²) in [5.74, 6) is 1.45. The topological polar surface area (TPSA) is 75.7 Å². The third-order valence-electron chi connectivity index (χ3n) is 2.28. The summed E-state index contributed by atoms with van der Waals surface area (Å²) in [5.41, 5.74) is 1.04. The molecule has 0 aliphatic rings. The van der Waals surface area contributed by atoms with E-state index in [1.807, 2.05) is 12.1 Å². The predicted octanol–water partition coefficient (Wildman–Crippen LogP) is 2.02. The maximum atomic E-state index is 5.36. The number of hydrogen-bond donors (Lipinski definition) is 2. The Morgan fingerprint density at radius 2 is 2.17 bits per heavy atom. The Kier molecular flexibility index (Phi) is 4.67. The summed E-state index contributed by atoms with van der Waals surface area (Å²) in [5, 5.41) is 16.9.